The third-order valence-corrected chi connectivity index (χ3v) is 2.09. The van der Waals surface area contributed by atoms with Crippen LogP contribution in [0.25, 0.3) is 0 Å². The van der Waals surface area contributed by atoms with Crippen LogP contribution in [0.15, 0.2) is 0 Å². The normalized spacial score (nSPS) is 29.8. The lowest BCUT2D eigenvalue weighted by Gasteiger charge is -2.24. The quantitative estimate of drug-likeness (QED) is 0.614. The van der Waals surface area contributed by atoms with Gasteiger partial charge in [0.05, 0.1) is 18.6 Å². The predicted molar refractivity (Wildman–Crippen MR) is 40.8 cm³/mol. The number of hydrogen-bond acceptors (Lipinski definition) is 3. The molecule has 1 saturated heterocycles. The molecule has 0 amide bonds. The van der Waals surface area contributed by atoms with Crippen molar-refractivity contribution < 1.29 is 19.4 Å². The van der Waals surface area contributed by atoms with Crippen molar-refractivity contribution in [3.8, 4) is 0 Å². The van der Waals surface area contributed by atoms with Crippen molar-refractivity contribution in [2.24, 2.45) is 5.92 Å². The molecule has 4 nitrogen and oxygen atoms in total. The summed E-state index contributed by atoms with van der Waals surface area (Å²) in [7, 11) is 0. The van der Waals surface area contributed by atoms with Crippen LogP contribution in [0.3, 0.4) is 0 Å². The first-order chi connectivity index (χ1) is 5.61. The van der Waals surface area contributed by atoms with Gasteiger partial charge >= 0.3 is 5.97 Å². The number of ketones is 1. The molecule has 0 bridgehead atoms. The number of Topliss-reactive ketones (excluding diaryl/α,β-unsaturated/α-hetero) is 1. The zero-order chi connectivity index (χ0) is 9.14. The maximum absolute atomic E-state index is 10.9. The van der Waals surface area contributed by atoms with Gasteiger partial charge in [-0.1, -0.05) is 0 Å². The molecule has 1 aliphatic rings. The number of aliphatic carboxylic acids is 1. The van der Waals surface area contributed by atoms with E-state index in [2.05, 4.69) is 0 Å². The van der Waals surface area contributed by atoms with E-state index >= 15 is 0 Å². The van der Waals surface area contributed by atoms with Gasteiger partial charge in [-0.25, -0.2) is 4.79 Å². The van der Waals surface area contributed by atoms with Gasteiger partial charge < -0.3 is 9.84 Å². The summed E-state index contributed by atoms with van der Waals surface area (Å²) in [6, 6.07) is 0. The number of carbonyl (C=O) groups excluding carboxylic acids is 1. The molecule has 2 atom stereocenters. The first kappa shape index (κ1) is 9.19. The van der Waals surface area contributed by atoms with Gasteiger partial charge in [0.25, 0.3) is 0 Å². The van der Waals surface area contributed by atoms with Crippen molar-refractivity contribution >= 4 is 11.8 Å². The standard InChI is InChI=1S/C8H12O4/c1-5-2-3-6(4-12-5)7(9)8(10)11/h5-6H,2-4H2,1H3,(H,10,11). The summed E-state index contributed by atoms with van der Waals surface area (Å²) in [5, 5.41) is 8.40. The van der Waals surface area contributed by atoms with E-state index in [0.29, 0.717) is 6.42 Å². The molecular formula is C8H12O4. The van der Waals surface area contributed by atoms with Crippen molar-refractivity contribution in [3.63, 3.8) is 0 Å². The molecule has 0 saturated carbocycles. The number of carboxylic acid groups (broad SMARTS) is 1. The average Bonchev–Trinajstić information content (AvgIpc) is 2.04. The molecule has 2 unspecified atom stereocenters. The third kappa shape index (κ3) is 2.04. The molecule has 0 spiro atoms. The van der Waals surface area contributed by atoms with Crippen molar-refractivity contribution in [1.82, 2.24) is 0 Å². The van der Waals surface area contributed by atoms with Gasteiger partial charge in [-0.2, -0.15) is 0 Å². The second kappa shape index (κ2) is 3.67. The van der Waals surface area contributed by atoms with Crippen molar-refractivity contribution in [1.29, 1.82) is 0 Å². The van der Waals surface area contributed by atoms with E-state index in [-0.39, 0.29) is 12.7 Å². The van der Waals surface area contributed by atoms with Crippen LogP contribution in [0.4, 0.5) is 0 Å². The molecule has 1 N–H and O–H groups in total. The Morgan fingerprint density at radius 1 is 1.42 bits per heavy atom. The van der Waals surface area contributed by atoms with Crippen LogP contribution < -0.4 is 0 Å². The highest BCUT2D eigenvalue weighted by atomic mass is 16.5. The second-order valence-electron chi connectivity index (χ2n) is 3.09. The SMILES string of the molecule is CC1CCC(C(=O)C(=O)O)CO1. The number of carbonyl (C=O) groups is 2. The summed E-state index contributed by atoms with van der Waals surface area (Å²) in [6.45, 7) is 2.17. The monoisotopic (exact) mass is 172 g/mol. The summed E-state index contributed by atoms with van der Waals surface area (Å²) < 4.78 is 5.18. The zero-order valence-corrected chi connectivity index (χ0v) is 6.95. The van der Waals surface area contributed by atoms with E-state index in [1.54, 1.807) is 0 Å². The van der Waals surface area contributed by atoms with Gasteiger partial charge in [0, 0.05) is 0 Å². The molecule has 0 aromatic heterocycles. The molecule has 1 rings (SSSR count). The Morgan fingerprint density at radius 3 is 2.50 bits per heavy atom. The van der Waals surface area contributed by atoms with Crippen LogP contribution in [0.5, 0.6) is 0 Å². The van der Waals surface area contributed by atoms with Gasteiger partial charge in [0.1, 0.15) is 0 Å². The number of hydrogen-bond donors (Lipinski definition) is 1. The van der Waals surface area contributed by atoms with E-state index in [1.807, 2.05) is 6.92 Å². The Bertz CT molecular complexity index is 191. The number of ether oxygens (including phenoxy) is 1. The molecule has 0 aliphatic carbocycles. The maximum atomic E-state index is 10.9. The van der Waals surface area contributed by atoms with Crippen molar-refractivity contribution in [2.45, 2.75) is 25.9 Å². The van der Waals surface area contributed by atoms with E-state index in [0.717, 1.165) is 6.42 Å². The highest BCUT2D eigenvalue weighted by molar-refractivity contribution is 6.33. The Kier molecular flexibility index (Phi) is 2.81. The molecule has 0 aromatic rings. The molecule has 68 valence electrons. The fourth-order valence-electron chi connectivity index (χ4n) is 1.26. The smallest absolute Gasteiger partial charge is 0.372 e. The van der Waals surface area contributed by atoms with Crippen LogP contribution in [-0.2, 0) is 14.3 Å². The van der Waals surface area contributed by atoms with Crippen LogP contribution in [0.1, 0.15) is 19.8 Å². The van der Waals surface area contributed by atoms with Gasteiger partial charge in [-0.15, -0.1) is 0 Å². The van der Waals surface area contributed by atoms with Crippen molar-refractivity contribution in [3.05, 3.63) is 0 Å². The highest BCUT2D eigenvalue weighted by Gasteiger charge is 2.28. The second-order valence-corrected chi connectivity index (χ2v) is 3.09. The van der Waals surface area contributed by atoms with Gasteiger partial charge in [0.15, 0.2) is 0 Å². The Balaban J connectivity index is 2.44. The van der Waals surface area contributed by atoms with E-state index in [4.69, 9.17) is 9.84 Å². The first-order valence-electron chi connectivity index (χ1n) is 4.00. The van der Waals surface area contributed by atoms with Crippen LogP contribution in [0.2, 0.25) is 0 Å². The first-order valence-corrected chi connectivity index (χ1v) is 4.00. The van der Waals surface area contributed by atoms with Crippen LogP contribution in [-0.4, -0.2) is 29.6 Å². The van der Waals surface area contributed by atoms with E-state index in [1.165, 1.54) is 0 Å². The lowest BCUT2D eigenvalue weighted by molar-refractivity contribution is -0.153. The molecule has 1 heterocycles. The zero-order valence-electron chi connectivity index (χ0n) is 6.95. The van der Waals surface area contributed by atoms with Gasteiger partial charge in [0.2, 0.25) is 5.78 Å². The summed E-state index contributed by atoms with van der Waals surface area (Å²) >= 11 is 0. The van der Waals surface area contributed by atoms with E-state index in [9.17, 15) is 9.59 Å². The average molecular weight is 172 g/mol. The minimum Gasteiger partial charge on any atom is -0.475 e. The lowest BCUT2D eigenvalue weighted by atomic mass is 9.95. The Hall–Kier alpha value is -0.900. The van der Waals surface area contributed by atoms with E-state index < -0.39 is 17.7 Å². The summed E-state index contributed by atoms with van der Waals surface area (Å²) in [4.78, 5) is 21.2. The topological polar surface area (TPSA) is 63.6 Å². The fraction of sp³-hybridized carbons (Fsp3) is 0.750. The molecule has 0 radical (unpaired) electrons. The number of carboxylic acids is 1. The molecule has 0 aromatic carbocycles. The summed E-state index contributed by atoms with van der Waals surface area (Å²) in [5.41, 5.74) is 0. The fourth-order valence-corrected chi connectivity index (χ4v) is 1.26. The van der Waals surface area contributed by atoms with Gasteiger partial charge in [-0.05, 0) is 19.8 Å². The third-order valence-electron chi connectivity index (χ3n) is 2.09. The molecular weight excluding hydrogens is 160 g/mol. The largest absolute Gasteiger partial charge is 0.475 e. The molecule has 4 heteroatoms. The summed E-state index contributed by atoms with van der Waals surface area (Å²) in [5.74, 6) is -2.50. The molecule has 1 aliphatic heterocycles. The predicted octanol–water partition coefficient (Wildman–Crippen LogP) is 0.455. The minimum atomic E-state index is -1.35. The van der Waals surface area contributed by atoms with Crippen LogP contribution >= 0.6 is 0 Å². The minimum absolute atomic E-state index is 0.155. The molecule has 12 heavy (non-hydrogen) atoms. The van der Waals surface area contributed by atoms with Crippen LogP contribution in [0, 0.1) is 5.92 Å². The number of rotatable bonds is 2. The molecule has 1 fully saturated rings. The Morgan fingerprint density at radius 2 is 2.08 bits per heavy atom. The van der Waals surface area contributed by atoms with Gasteiger partial charge in [-0.3, -0.25) is 4.79 Å². The van der Waals surface area contributed by atoms with Crippen molar-refractivity contribution in [2.75, 3.05) is 6.61 Å². The Labute approximate surface area is 70.5 Å². The maximum Gasteiger partial charge on any atom is 0.372 e. The summed E-state index contributed by atoms with van der Waals surface area (Å²) in [6.07, 6.45) is 1.55. The highest BCUT2D eigenvalue weighted by Crippen LogP contribution is 2.19. The lowest BCUT2D eigenvalue weighted by Crippen LogP contribution is -2.33.